The van der Waals surface area contributed by atoms with Crippen molar-refractivity contribution in [3.05, 3.63) is 24.0 Å². The number of anilines is 1. The predicted molar refractivity (Wildman–Crippen MR) is 74.7 cm³/mol. The van der Waals surface area contributed by atoms with E-state index >= 15 is 0 Å². The van der Waals surface area contributed by atoms with Gasteiger partial charge in [-0.25, -0.2) is 12.8 Å². The molecular formula is C13H21FN2O2S. The van der Waals surface area contributed by atoms with Crippen LogP contribution in [0.3, 0.4) is 0 Å². The summed E-state index contributed by atoms with van der Waals surface area (Å²) in [6.07, 6.45) is 0.737. The maximum atomic E-state index is 13.3. The summed E-state index contributed by atoms with van der Waals surface area (Å²) in [5, 5.41) is 0. The Kier molecular flexibility index (Phi) is 4.92. The lowest BCUT2D eigenvalue weighted by Crippen LogP contribution is -2.36. The lowest BCUT2D eigenvalue weighted by atomic mass is 10.1. The molecule has 0 saturated heterocycles. The minimum atomic E-state index is -3.72. The molecule has 1 unspecified atom stereocenters. The van der Waals surface area contributed by atoms with E-state index in [9.17, 15) is 12.8 Å². The zero-order valence-electron chi connectivity index (χ0n) is 11.7. The minimum Gasteiger partial charge on any atom is -0.399 e. The summed E-state index contributed by atoms with van der Waals surface area (Å²) in [5.74, 6) is -0.270. The second kappa shape index (κ2) is 5.88. The van der Waals surface area contributed by atoms with Gasteiger partial charge >= 0.3 is 0 Å². The molecule has 0 radical (unpaired) electrons. The Bertz CT molecular complexity index is 523. The average molecular weight is 288 g/mol. The number of hydrogen-bond acceptors (Lipinski definition) is 3. The first-order chi connectivity index (χ1) is 8.64. The van der Waals surface area contributed by atoms with Gasteiger partial charge in [0.25, 0.3) is 0 Å². The van der Waals surface area contributed by atoms with E-state index in [2.05, 4.69) is 0 Å². The molecule has 1 rings (SSSR count). The number of hydrogen-bond donors (Lipinski definition) is 1. The molecule has 0 aliphatic carbocycles. The second-order valence-electron chi connectivity index (χ2n) is 5.22. The largest absolute Gasteiger partial charge is 0.399 e. The first kappa shape index (κ1) is 15.9. The van der Waals surface area contributed by atoms with Crippen LogP contribution in [0.2, 0.25) is 0 Å². The summed E-state index contributed by atoms with van der Waals surface area (Å²) >= 11 is 0. The van der Waals surface area contributed by atoms with Crippen LogP contribution in [0.5, 0.6) is 0 Å². The van der Waals surface area contributed by atoms with Gasteiger partial charge in [0.15, 0.2) is 0 Å². The molecule has 1 aromatic rings. The third kappa shape index (κ3) is 3.91. The van der Waals surface area contributed by atoms with Gasteiger partial charge in [-0.1, -0.05) is 13.8 Å². The Morgan fingerprint density at radius 1 is 1.26 bits per heavy atom. The third-order valence-corrected chi connectivity index (χ3v) is 4.95. The molecular weight excluding hydrogens is 267 g/mol. The molecule has 1 atom stereocenters. The van der Waals surface area contributed by atoms with Crippen molar-refractivity contribution in [3.8, 4) is 0 Å². The predicted octanol–water partition coefficient (Wildman–Crippen LogP) is 2.46. The van der Waals surface area contributed by atoms with Gasteiger partial charge in [0.05, 0.1) is 4.90 Å². The van der Waals surface area contributed by atoms with E-state index in [0.29, 0.717) is 5.92 Å². The molecule has 0 heterocycles. The van der Waals surface area contributed by atoms with Gasteiger partial charge in [-0.2, -0.15) is 4.31 Å². The van der Waals surface area contributed by atoms with Gasteiger partial charge in [0.2, 0.25) is 10.0 Å². The summed E-state index contributed by atoms with van der Waals surface area (Å²) in [6, 6.07) is 3.20. The molecule has 2 N–H and O–H groups in total. The van der Waals surface area contributed by atoms with Crippen molar-refractivity contribution in [2.75, 3.05) is 12.8 Å². The summed E-state index contributed by atoms with van der Waals surface area (Å²) in [4.78, 5) is -0.108. The zero-order chi connectivity index (χ0) is 14.8. The highest BCUT2D eigenvalue weighted by Crippen LogP contribution is 2.22. The number of halogens is 1. The SMILES string of the molecule is CC(C)CC(C)N(C)S(=O)(=O)c1cc(N)cc(F)c1. The van der Waals surface area contributed by atoms with E-state index in [1.807, 2.05) is 20.8 Å². The number of benzene rings is 1. The number of nitrogens with zero attached hydrogens (tertiary/aromatic N) is 1. The number of rotatable bonds is 5. The molecule has 0 amide bonds. The molecule has 0 aromatic heterocycles. The fourth-order valence-corrected chi connectivity index (χ4v) is 3.41. The first-order valence-corrected chi connectivity index (χ1v) is 7.62. The van der Waals surface area contributed by atoms with Gasteiger partial charge in [-0.15, -0.1) is 0 Å². The van der Waals surface area contributed by atoms with Crippen LogP contribution in [0, 0.1) is 11.7 Å². The van der Waals surface area contributed by atoms with E-state index in [-0.39, 0.29) is 16.6 Å². The molecule has 4 nitrogen and oxygen atoms in total. The van der Waals surface area contributed by atoms with Crippen LogP contribution in [0.15, 0.2) is 23.1 Å². The summed E-state index contributed by atoms with van der Waals surface area (Å²) < 4.78 is 39.3. The molecule has 0 aliphatic heterocycles. The highest BCUT2D eigenvalue weighted by Gasteiger charge is 2.26. The zero-order valence-corrected chi connectivity index (χ0v) is 12.5. The van der Waals surface area contributed by atoms with Gasteiger partial charge < -0.3 is 5.73 Å². The van der Waals surface area contributed by atoms with Crippen molar-refractivity contribution in [1.82, 2.24) is 4.31 Å². The van der Waals surface area contributed by atoms with E-state index in [0.717, 1.165) is 18.6 Å². The third-order valence-electron chi connectivity index (χ3n) is 3.00. The van der Waals surface area contributed by atoms with E-state index in [1.165, 1.54) is 17.4 Å². The van der Waals surface area contributed by atoms with Crippen LogP contribution in [0.4, 0.5) is 10.1 Å². The molecule has 19 heavy (non-hydrogen) atoms. The quantitative estimate of drug-likeness (QED) is 0.847. The Labute approximate surface area is 114 Å². The normalized spacial score (nSPS) is 14.1. The number of sulfonamides is 1. The average Bonchev–Trinajstić information content (AvgIpc) is 2.25. The van der Waals surface area contributed by atoms with Crippen molar-refractivity contribution in [2.24, 2.45) is 5.92 Å². The highest BCUT2D eigenvalue weighted by molar-refractivity contribution is 7.89. The Balaban J connectivity index is 3.09. The summed E-state index contributed by atoms with van der Waals surface area (Å²) in [5.41, 5.74) is 5.59. The van der Waals surface area contributed by atoms with Crippen LogP contribution < -0.4 is 5.73 Å². The van der Waals surface area contributed by atoms with Crippen molar-refractivity contribution in [2.45, 2.75) is 38.1 Å². The van der Waals surface area contributed by atoms with Crippen LogP contribution >= 0.6 is 0 Å². The van der Waals surface area contributed by atoms with E-state index < -0.39 is 15.8 Å². The van der Waals surface area contributed by atoms with Crippen molar-refractivity contribution < 1.29 is 12.8 Å². The van der Waals surface area contributed by atoms with Crippen molar-refractivity contribution in [1.29, 1.82) is 0 Å². The van der Waals surface area contributed by atoms with Crippen LogP contribution in [0.25, 0.3) is 0 Å². The molecule has 1 aromatic carbocycles. The standard InChI is InChI=1S/C13H21FN2O2S/c1-9(2)5-10(3)16(4)19(17,18)13-7-11(14)6-12(15)8-13/h6-10H,5,15H2,1-4H3. The number of nitrogens with two attached hydrogens (primary N) is 1. The fraction of sp³-hybridized carbons (Fsp3) is 0.538. The number of nitrogen functional groups attached to an aromatic ring is 1. The van der Waals surface area contributed by atoms with Gasteiger partial charge in [0, 0.05) is 18.8 Å². The minimum absolute atomic E-state index is 0.100. The second-order valence-corrected chi connectivity index (χ2v) is 7.22. The highest BCUT2D eigenvalue weighted by atomic mass is 32.2. The lowest BCUT2D eigenvalue weighted by Gasteiger charge is -2.25. The molecule has 0 bridgehead atoms. The topological polar surface area (TPSA) is 63.4 Å². The monoisotopic (exact) mass is 288 g/mol. The molecule has 6 heteroatoms. The molecule has 0 fully saturated rings. The van der Waals surface area contributed by atoms with Crippen LogP contribution in [-0.4, -0.2) is 25.8 Å². The smallest absolute Gasteiger partial charge is 0.243 e. The maximum Gasteiger partial charge on any atom is 0.243 e. The Morgan fingerprint density at radius 2 is 1.84 bits per heavy atom. The van der Waals surface area contributed by atoms with Crippen molar-refractivity contribution >= 4 is 15.7 Å². The molecule has 108 valence electrons. The fourth-order valence-electron chi connectivity index (χ4n) is 1.97. The lowest BCUT2D eigenvalue weighted by molar-refractivity contribution is 0.337. The molecule has 0 aliphatic rings. The Hall–Kier alpha value is -1.14. The summed E-state index contributed by atoms with van der Waals surface area (Å²) in [7, 11) is -2.21. The maximum absolute atomic E-state index is 13.3. The van der Waals surface area contributed by atoms with E-state index in [4.69, 9.17) is 5.73 Å². The first-order valence-electron chi connectivity index (χ1n) is 6.18. The Morgan fingerprint density at radius 3 is 2.32 bits per heavy atom. The molecule has 0 spiro atoms. The van der Waals surface area contributed by atoms with Gasteiger partial charge in [-0.3, -0.25) is 0 Å². The van der Waals surface area contributed by atoms with Gasteiger partial charge in [0.1, 0.15) is 5.82 Å². The van der Waals surface area contributed by atoms with Crippen LogP contribution in [-0.2, 0) is 10.0 Å². The van der Waals surface area contributed by atoms with E-state index in [1.54, 1.807) is 0 Å². The van der Waals surface area contributed by atoms with Crippen LogP contribution in [0.1, 0.15) is 27.2 Å². The molecule has 0 saturated carbocycles. The van der Waals surface area contributed by atoms with Crippen molar-refractivity contribution in [3.63, 3.8) is 0 Å². The summed E-state index contributed by atoms with van der Waals surface area (Å²) in [6.45, 7) is 5.88. The van der Waals surface area contributed by atoms with Gasteiger partial charge in [-0.05, 0) is 37.5 Å².